The van der Waals surface area contributed by atoms with E-state index in [-0.39, 0.29) is 17.5 Å². The Bertz CT molecular complexity index is 1290. The summed E-state index contributed by atoms with van der Waals surface area (Å²) in [5, 5.41) is 21.0. The molecule has 2 aliphatic carbocycles. The zero-order chi connectivity index (χ0) is 22.6. The first kappa shape index (κ1) is 21.1. The number of nitrogens with one attached hydrogen (secondary N) is 1. The molecule has 0 radical (unpaired) electrons. The van der Waals surface area contributed by atoms with Gasteiger partial charge in [-0.05, 0) is 86.0 Å². The predicted octanol–water partition coefficient (Wildman–Crippen LogP) is 5.78. The number of aromatic amines is 1. The number of rotatable bonds is 4. The van der Waals surface area contributed by atoms with Crippen molar-refractivity contribution >= 4 is 18.3 Å². The second kappa shape index (κ2) is 8.00. The molecule has 0 saturated heterocycles. The fourth-order valence-corrected chi connectivity index (χ4v) is 5.99. The lowest BCUT2D eigenvalue weighted by Crippen LogP contribution is -2.16. The largest absolute Gasteiger partial charge is 0.508 e. The van der Waals surface area contributed by atoms with Crippen LogP contribution in [0.15, 0.2) is 18.2 Å². The van der Waals surface area contributed by atoms with Crippen molar-refractivity contribution in [3.63, 3.8) is 0 Å². The van der Waals surface area contributed by atoms with E-state index >= 15 is 0 Å². The van der Waals surface area contributed by atoms with E-state index in [9.17, 15) is 10.2 Å². The topological polar surface area (TPSA) is 66.1 Å². The number of phenolic OH excluding ortho intramolecular Hbond substituents is 2. The van der Waals surface area contributed by atoms with E-state index in [2.05, 4.69) is 40.2 Å². The Morgan fingerprint density at radius 1 is 1.06 bits per heavy atom. The highest BCUT2D eigenvalue weighted by molar-refractivity contribution is 7.71. The Morgan fingerprint density at radius 2 is 1.84 bits per heavy atom. The first-order valence-corrected chi connectivity index (χ1v) is 12.1. The quantitative estimate of drug-likeness (QED) is 0.443. The van der Waals surface area contributed by atoms with Crippen molar-refractivity contribution in [3.05, 3.63) is 56.8 Å². The van der Waals surface area contributed by atoms with Gasteiger partial charge in [0.2, 0.25) is 0 Å². The Kier molecular flexibility index (Phi) is 5.28. The monoisotopic (exact) mass is 449 g/mol. The first-order chi connectivity index (χ1) is 15.4. The van der Waals surface area contributed by atoms with Crippen LogP contribution in [-0.2, 0) is 39.2 Å². The van der Waals surface area contributed by atoms with Crippen LogP contribution in [0.2, 0.25) is 0 Å². The average Bonchev–Trinajstić information content (AvgIpc) is 3.28. The molecule has 3 N–H and O–H groups in total. The number of hydrogen-bond acceptors (Lipinski definition) is 3. The highest BCUT2D eigenvalue weighted by Gasteiger charge is 2.29. The number of aromatic nitrogens is 3. The molecular weight excluding hydrogens is 418 g/mol. The summed E-state index contributed by atoms with van der Waals surface area (Å²) in [4.78, 5) is 3.39. The molecule has 0 amide bonds. The van der Waals surface area contributed by atoms with E-state index in [0.717, 1.165) is 48.2 Å². The van der Waals surface area contributed by atoms with Crippen LogP contribution in [-0.4, -0.2) is 24.3 Å². The number of imidazole rings is 1. The van der Waals surface area contributed by atoms with Gasteiger partial charge in [0.05, 0.1) is 11.7 Å². The van der Waals surface area contributed by atoms with E-state index in [1.54, 1.807) is 0 Å². The normalized spacial score (nSPS) is 17.4. The summed E-state index contributed by atoms with van der Waals surface area (Å²) in [6.07, 6.45) is 11.7. The van der Waals surface area contributed by atoms with Crippen molar-refractivity contribution in [3.8, 4) is 22.8 Å². The third kappa shape index (κ3) is 3.15. The minimum atomic E-state index is 0.0771. The number of nitrogens with zero attached hydrogens (tertiary/aromatic N) is 2. The predicted molar refractivity (Wildman–Crippen MR) is 131 cm³/mol. The van der Waals surface area contributed by atoms with Gasteiger partial charge in [0.1, 0.15) is 11.5 Å². The maximum atomic E-state index is 10.8. The van der Waals surface area contributed by atoms with Crippen molar-refractivity contribution in [2.45, 2.75) is 64.8 Å². The summed E-state index contributed by atoms with van der Waals surface area (Å²) in [5.74, 6) is 0.209. The van der Waals surface area contributed by atoms with Gasteiger partial charge in [-0.2, -0.15) is 0 Å². The number of aromatic hydroxyl groups is 2. The summed E-state index contributed by atoms with van der Waals surface area (Å²) in [6, 6.07) is 3.44. The molecule has 2 heterocycles. The van der Waals surface area contributed by atoms with E-state index < -0.39 is 0 Å². The Morgan fingerprint density at radius 3 is 2.59 bits per heavy atom. The molecule has 1 unspecified atom stereocenters. The number of fused-ring (bicyclic) bond motifs is 3. The number of hydrogen-bond donors (Lipinski definition) is 3. The number of allylic oxidation sites excluding steroid dienone is 1. The molecule has 168 valence electrons. The lowest BCUT2D eigenvalue weighted by Gasteiger charge is -2.24. The van der Waals surface area contributed by atoms with Crippen LogP contribution in [0.3, 0.4) is 0 Å². The molecule has 0 bridgehead atoms. The Labute approximate surface area is 194 Å². The molecule has 32 heavy (non-hydrogen) atoms. The van der Waals surface area contributed by atoms with E-state index in [1.807, 2.05) is 13.0 Å². The van der Waals surface area contributed by atoms with Gasteiger partial charge >= 0.3 is 0 Å². The maximum Gasteiger partial charge on any atom is 0.178 e. The molecule has 0 aliphatic heterocycles. The van der Waals surface area contributed by atoms with Crippen molar-refractivity contribution in [1.29, 1.82) is 0 Å². The van der Waals surface area contributed by atoms with Crippen molar-refractivity contribution in [2.75, 3.05) is 0 Å². The second-order valence-corrected chi connectivity index (χ2v) is 9.40. The standard InChI is InChI=1S/C26H31N3O2S/c1-4-15-12-19(24(31)14-23(15)30)25-20(5-2)27-26(32)29(25)16-10-11-22-18(13-16)17-8-6-7-9-21(17)28(22)3/h10-12,14,16,30-31H,4-9,13H2,1-3H3,(H,27,32). The van der Waals surface area contributed by atoms with Crippen LogP contribution < -0.4 is 0 Å². The summed E-state index contributed by atoms with van der Waals surface area (Å²) < 4.78 is 5.22. The van der Waals surface area contributed by atoms with Gasteiger partial charge in [-0.15, -0.1) is 0 Å². The molecule has 3 aromatic rings. The molecule has 5 nitrogen and oxygen atoms in total. The number of benzene rings is 1. The summed E-state index contributed by atoms with van der Waals surface area (Å²) in [6.45, 7) is 4.10. The lowest BCUT2D eigenvalue weighted by atomic mass is 9.89. The third-order valence-electron chi connectivity index (χ3n) is 7.29. The fourth-order valence-electron chi connectivity index (χ4n) is 5.64. The molecule has 0 fully saturated rings. The number of phenols is 2. The summed E-state index contributed by atoms with van der Waals surface area (Å²) in [5.41, 5.74) is 9.26. The van der Waals surface area contributed by atoms with Gasteiger partial charge in [0.25, 0.3) is 0 Å². The molecule has 0 spiro atoms. The van der Waals surface area contributed by atoms with Crippen LogP contribution in [0.5, 0.6) is 11.5 Å². The summed E-state index contributed by atoms with van der Waals surface area (Å²) >= 11 is 5.80. The van der Waals surface area contributed by atoms with Gasteiger partial charge in [0.15, 0.2) is 4.77 Å². The van der Waals surface area contributed by atoms with E-state index in [4.69, 9.17) is 12.2 Å². The van der Waals surface area contributed by atoms with Gasteiger partial charge in [0, 0.05) is 35.8 Å². The minimum Gasteiger partial charge on any atom is -0.508 e. The Hall–Kier alpha value is -2.73. The number of aryl methyl sites for hydroxylation is 2. The van der Waals surface area contributed by atoms with Gasteiger partial charge in [-0.25, -0.2) is 0 Å². The lowest BCUT2D eigenvalue weighted by molar-refractivity contribution is 0.447. The first-order valence-electron chi connectivity index (χ1n) is 11.7. The zero-order valence-electron chi connectivity index (χ0n) is 19.0. The van der Waals surface area contributed by atoms with E-state index in [1.165, 1.54) is 41.4 Å². The molecule has 2 aliphatic rings. The SMILES string of the molecule is CCc1cc(-c2c(CC)[nH]c(=S)n2C2C=Cc3c(c4c(n3C)CCCC4)C2)c(O)cc1O. The van der Waals surface area contributed by atoms with Crippen molar-refractivity contribution in [2.24, 2.45) is 7.05 Å². The molecule has 5 rings (SSSR count). The van der Waals surface area contributed by atoms with Crippen LogP contribution in [0.1, 0.15) is 66.5 Å². The molecular formula is C26H31N3O2S. The third-order valence-corrected chi connectivity index (χ3v) is 7.59. The molecule has 1 aromatic carbocycles. The van der Waals surface area contributed by atoms with Crippen LogP contribution in [0, 0.1) is 4.77 Å². The van der Waals surface area contributed by atoms with Crippen molar-refractivity contribution in [1.82, 2.24) is 14.1 Å². The summed E-state index contributed by atoms with van der Waals surface area (Å²) in [7, 11) is 2.19. The number of H-pyrrole nitrogens is 1. The van der Waals surface area contributed by atoms with Crippen LogP contribution in [0.25, 0.3) is 17.3 Å². The fraction of sp³-hybridized carbons (Fsp3) is 0.423. The highest BCUT2D eigenvalue weighted by Crippen LogP contribution is 2.41. The zero-order valence-corrected chi connectivity index (χ0v) is 19.9. The van der Waals surface area contributed by atoms with Crippen molar-refractivity contribution < 1.29 is 10.2 Å². The average molecular weight is 450 g/mol. The van der Waals surface area contributed by atoms with Crippen LogP contribution >= 0.6 is 12.2 Å². The molecule has 2 aromatic heterocycles. The maximum absolute atomic E-state index is 10.8. The molecule has 0 saturated carbocycles. The van der Waals surface area contributed by atoms with Gasteiger partial charge in [-0.3, -0.25) is 0 Å². The van der Waals surface area contributed by atoms with Gasteiger partial charge in [-0.1, -0.05) is 19.9 Å². The van der Waals surface area contributed by atoms with E-state index in [0.29, 0.717) is 11.2 Å². The smallest absolute Gasteiger partial charge is 0.178 e. The van der Waals surface area contributed by atoms with Gasteiger partial charge < -0.3 is 24.3 Å². The molecule has 6 heteroatoms. The van der Waals surface area contributed by atoms with Crippen LogP contribution in [0.4, 0.5) is 0 Å². The minimum absolute atomic E-state index is 0.0771. The Balaban J connectivity index is 1.66. The second-order valence-electron chi connectivity index (χ2n) is 9.02. The highest BCUT2D eigenvalue weighted by atomic mass is 32.1. The molecule has 1 atom stereocenters.